The molecule has 1 aromatic heterocycles. The summed E-state index contributed by atoms with van der Waals surface area (Å²) in [6, 6.07) is -20.4. The van der Waals surface area contributed by atoms with Crippen LogP contribution >= 0.6 is 0 Å². The highest BCUT2D eigenvalue weighted by atomic mass is 16.3. The molecule has 1 nitrogen and oxygen atoms in total. The zero-order chi connectivity index (χ0) is 50.1. The third-order valence-corrected chi connectivity index (χ3v) is 7.13. The molecule has 0 aliphatic rings. The Balaban J connectivity index is 1.62. The monoisotopic (exact) mass is 571 g/mol. The first kappa shape index (κ1) is 9.97. The Bertz CT molecular complexity index is 3790. The average molecular weight is 572 g/mol. The smallest absolute Gasteiger partial charge is 0.143 e. The van der Waals surface area contributed by atoms with E-state index in [-0.39, 0.29) is 5.39 Å². The van der Waals surface area contributed by atoms with Crippen molar-refractivity contribution in [2.75, 3.05) is 0 Å². The maximum Gasteiger partial charge on any atom is 0.143 e. The van der Waals surface area contributed by atoms with Crippen LogP contribution in [0.4, 0.5) is 0 Å². The highest BCUT2D eigenvalue weighted by Gasteiger charge is 2.21. The van der Waals surface area contributed by atoms with Crippen LogP contribution in [0.3, 0.4) is 0 Å². The Morgan fingerprint density at radius 1 is 0.349 bits per heavy atom. The van der Waals surface area contributed by atoms with Gasteiger partial charge in [-0.15, -0.1) is 0 Å². The standard InChI is InChI=1S/C42H26O/c1-2-14-28(15-3-1)39-31-18-6-8-20-33(31)40(34-21-9-7-19-32(34)39)38-26-12-25-37-36-24-11-23-35(41(36)43-42(37)38)30-22-10-16-27-13-4-5-17-29(27)30/h1-26H/i1D,2D,3D,4D,5D,6D,7D,8D,9D,10D,11D,12D,13D,14D,15D,16D,17D,18D,19D,20D,21D,22D,23D,24D,26D. The van der Waals surface area contributed by atoms with Gasteiger partial charge in [-0.3, -0.25) is 0 Å². The first-order chi connectivity index (χ1) is 31.7. The molecule has 1 heterocycles. The molecule has 0 saturated carbocycles. The number of para-hydroxylation sites is 2. The number of benzene rings is 8. The van der Waals surface area contributed by atoms with Gasteiger partial charge in [-0.2, -0.15) is 0 Å². The topological polar surface area (TPSA) is 13.1 Å². The maximum atomic E-state index is 9.45. The van der Waals surface area contributed by atoms with Crippen LogP contribution < -0.4 is 0 Å². The van der Waals surface area contributed by atoms with Crippen molar-refractivity contribution in [3.63, 3.8) is 0 Å². The fourth-order valence-corrected chi connectivity index (χ4v) is 5.37. The first-order valence-electron chi connectivity index (χ1n) is 25.2. The molecule has 0 bridgehead atoms. The van der Waals surface area contributed by atoms with E-state index in [1.54, 1.807) is 0 Å². The van der Waals surface area contributed by atoms with Crippen LogP contribution in [0.5, 0.6) is 0 Å². The third-order valence-electron chi connectivity index (χ3n) is 7.13. The Kier molecular flexibility index (Phi) is 2.19. The van der Waals surface area contributed by atoms with Gasteiger partial charge < -0.3 is 4.42 Å². The molecule has 0 spiro atoms. The molecule has 0 aliphatic heterocycles. The van der Waals surface area contributed by atoms with Gasteiger partial charge in [0.25, 0.3) is 0 Å². The molecule has 43 heavy (non-hydrogen) atoms. The summed E-state index contributed by atoms with van der Waals surface area (Å²) >= 11 is 0. The average Bonchev–Trinajstić information content (AvgIpc) is 3.68. The highest BCUT2D eigenvalue weighted by molar-refractivity contribution is 6.24. The minimum absolute atomic E-state index is 0.297. The summed E-state index contributed by atoms with van der Waals surface area (Å²) in [5, 5.41) is -4.28. The van der Waals surface area contributed by atoms with E-state index in [0.717, 1.165) is 6.07 Å². The van der Waals surface area contributed by atoms with Crippen molar-refractivity contribution < 1.29 is 38.7 Å². The number of hydrogen-bond acceptors (Lipinski definition) is 1. The number of furan rings is 1. The van der Waals surface area contributed by atoms with Gasteiger partial charge in [0.05, 0.1) is 34.3 Å². The summed E-state index contributed by atoms with van der Waals surface area (Å²) in [6.45, 7) is 0. The molecule has 9 rings (SSSR count). The molecule has 9 aromatic rings. The zero-order valence-corrected chi connectivity index (χ0v) is 21.5. The van der Waals surface area contributed by atoms with Crippen molar-refractivity contribution in [2.24, 2.45) is 0 Å². The summed E-state index contributed by atoms with van der Waals surface area (Å²) < 4.78 is 228. The normalized spacial score (nSPS) is 19.9. The van der Waals surface area contributed by atoms with Gasteiger partial charge in [-0.1, -0.05) is 157 Å². The van der Waals surface area contributed by atoms with Gasteiger partial charge in [-0.05, 0) is 49.0 Å². The van der Waals surface area contributed by atoms with E-state index in [0.29, 0.717) is 0 Å². The predicted octanol–water partition coefficient (Wildman–Crippen LogP) is 12.0. The molecule has 1 heteroatoms. The van der Waals surface area contributed by atoms with Gasteiger partial charge in [-0.25, -0.2) is 0 Å². The van der Waals surface area contributed by atoms with Crippen LogP contribution in [0, 0.1) is 0 Å². The predicted molar refractivity (Wildman–Crippen MR) is 183 cm³/mol. The van der Waals surface area contributed by atoms with Crippen molar-refractivity contribution >= 4 is 54.3 Å². The fourth-order valence-electron chi connectivity index (χ4n) is 5.37. The Morgan fingerprint density at radius 2 is 0.860 bits per heavy atom. The van der Waals surface area contributed by atoms with Crippen LogP contribution in [0.25, 0.3) is 87.6 Å². The van der Waals surface area contributed by atoms with E-state index in [9.17, 15) is 8.22 Å². The quantitative estimate of drug-likeness (QED) is 0.192. The van der Waals surface area contributed by atoms with E-state index in [1.165, 1.54) is 0 Å². The maximum absolute atomic E-state index is 9.45. The summed E-state index contributed by atoms with van der Waals surface area (Å²) in [5.41, 5.74) is -4.87. The molecule has 0 N–H and O–H groups in total. The van der Waals surface area contributed by atoms with Crippen LogP contribution in [-0.2, 0) is 0 Å². The van der Waals surface area contributed by atoms with Crippen LogP contribution in [0.2, 0.25) is 0 Å². The third kappa shape index (κ3) is 3.58. The van der Waals surface area contributed by atoms with Crippen molar-refractivity contribution in [3.05, 3.63) is 157 Å². The molecular formula is C42H26O. The lowest BCUT2D eigenvalue weighted by molar-refractivity contribution is 0.671. The van der Waals surface area contributed by atoms with Crippen molar-refractivity contribution in [3.8, 4) is 33.4 Å². The largest absolute Gasteiger partial charge is 0.455 e. The van der Waals surface area contributed by atoms with Gasteiger partial charge in [0.15, 0.2) is 0 Å². The lowest BCUT2D eigenvalue weighted by Crippen LogP contribution is -1.90. The van der Waals surface area contributed by atoms with E-state index in [4.69, 9.17) is 30.5 Å². The summed E-state index contributed by atoms with van der Waals surface area (Å²) in [4.78, 5) is 0. The number of rotatable bonds is 3. The molecule has 0 saturated heterocycles. The first-order valence-corrected chi connectivity index (χ1v) is 12.7. The second kappa shape index (κ2) is 9.44. The van der Waals surface area contributed by atoms with Gasteiger partial charge >= 0.3 is 0 Å². The number of hydrogen-bond donors (Lipinski definition) is 0. The Hall–Kier alpha value is -5.66. The molecule has 0 aliphatic carbocycles. The Morgan fingerprint density at radius 3 is 1.60 bits per heavy atom. The van der Waals surface area contributed by atoms with Gasteiger partial charge in [0.2, 0.25) is 0 Å². The number of fused-ring (bicyclic) bond motifs is 6. The molecule has 0 atom stereocenters. The van der Waals surface area contributed by atoms with E-state index in [1.807, 2.05) is 0 Å². The molecule has 0 fully saturated rings. The van der Waals surface area contributed by atoms with Gasteiger partial charge in [0, 0.05) is 27.5 Å². The molecule has 0 unspecified atom stereocenters. The molecule has 0 radical (unpaired) electrons. The van der Waals surface area contributed by atoms with Crippen molar-refractivity contribution in [1.29, 1.82) is 0 Å². The highest BCUT2D eigenvalue weighted by Crippen LogP contribution is 2.47. The molecular weight excluding hydrogens is 520 g/mol. The Labute approximate surface area is 284 Å². The SMILES string of the molecule is [2H]c1cc2c(oc3c(-c4c([2H])c([2H])c([2H])c5c([2H])c([2H])c([2H])c([2H])c45)c([2H])c([2H])c([2H])c32)c(-c2c3c([2H])c([2H])c([2H])c([2H])c3c(-c3c([2H])c([2H])c([2H])c([2H])c3[2H])c3c([2H])c([2H])c([2H])c([2H])c23)c1[2H]. The lowest BCUT2D eigenvalue weighted by Gasteiger charge is -2.17. The summed E-state index contributed by atoms with van der Waals surface area (Å²) in [5.74, 6) is 0. The van der Waals surface area contributed by atoms with Gasteiger partial charge in [0.1, 0.15) is 11.2 Å². The minimum Gasteiger partial charge on any atom is -0.455 e. The molecule has 200 valence electrons. The summed E-state index contributed by atoms with van der Waals surface area (Å²) in [7, 11) is 0. The zero-order valence-electron chi connectivity index (χ0n) is 46.5. The fraction of sp³-hybridized carbons (Fsp3) is 0. The lowest BCUT2D eigenvalue weighted by atomic mass is 9.85. The van der Waals surface area contributed by atoms with Crippen LogP contribution in [-0.4, -0.2) is 0 Å². The molecule has 0 amide bonds. The minimum atomic E-state index is -0.928. The van der Waals surface area contributed by atoms with Crippen LogP contribution in [0.1, 0.15) is 34.3 Å². The summed E-state index contributed by atoms with van der Waals surface area (Å²) in [6.07, 6.45) is 0. The second-order valence-corrected chi connectivity index (χ2v) is 9.34. The van der Waals surface area contributed by atoms with Crippen LogP contribution in [0.15, 0.2) is 162 Å². The van der Waals surface area contributed by atoms with E-state index >= 15 is 0 Å². The van der Waals surface area contributed by atoms with Crippen molar-refractivity contribution in [2.45, 2.75) is 0 Å². The molecule has 8 aromatic carbocycles. The second-order valence-electron chi connectivity index (χ2n) is 9.34. The van der Waals surface area contributed by atoms with E-state index < -0.39 is 233 Å². The van der Waals surface area contributed by atoms with Crippen molar-refractivity contribution in [1.82, 2.24) is 0 Å². The van der Waals surface area contributed by atoms with E-state index in [2.05, 4.69) is 0 Å².